The Hall–Kier alpha value is -1.30. The summed E-state index contributed by atoms with van der Waals surface area (Å²) < 4.78 is 0. The van der Waals surface area contributed by atoms with Gasteiger partial charge in [0.25, 0.3) is 0 Å². The van der Waals surface area contributed by atoms with E-state index in [9.17, 15) is 0 Å². The van der Waals surface area contributed by atoms with Crippen LogP contribution < -0.4 is 0 Å². The summed E-state index contributed by atoms with van der Waals surface area (Å²) in [6, 6.07) is 0. The van der Waals surface area contributed by atoms with Crippen molar-refractivity contribution < 1.29 is 0 Å². The van der Waals surface area contributed by atoms with E-state index in [4.69, 9.17) is 0 Å². The monoisotopic (exact) mass is 172 g/mol. The zero-order valence-electron chi connectivity index (χ0n) is 8.27. The van der Waals surface area contributed by atoms with E-state index < -0.39 is 0 Å². The molecule has 0 heteroatoms. The van der Waals surface area contributed by atoms with Gasteiger partial charge in [0.15, 0.2) is 0 Å². The van der Waals surface area contributed by atoms with Crippen molar-refractivity contribution in [2.24, 2.45) is 0 Å². The predicted molar refractivity (Wildman–Crippen MR) is 59.6 cm³/mol. The van der Waals surface area contributed by atoms with Crippen molar-refractivity contribution in [1.29, 1.82) is 0 Å². The molecule has 0 spiro atoms. The maximum atomic E-state index is 4.05. The van der Waals surface area contributed by atoms with E-state index in [0.29, 0.717) is 0 Å². The molecule has 0 amide bonds. The Bertz CT molecular complexity index is 311. The normalized spacial score (nSPS) is 20.7. The molecule has 0 atom stereocenters. The lowest BCUT2D eigenvalue weighted by Gasteiger charge is -2.21. The van der Waals surface area contributed by atoms with Crippen LogP contribution in [-0.2, 0) is 0 Å². The summed E-state index contributed by atoms with van der Waals surface area (Å²) >= 11 is 0. The second-order valence-corrected chi connectivity index (χ2v) is 3.15. The molecule has 0 bridgehead atoms. The van der Waals surface area contributed by atoms with Crippen LogP contribution in [0, 0.1) is 0 Å². The van der Waals surface area contributed by atoms with Gasteiger partial charge in [0, 0.05) is 0 Å². The Kier molecular flexibility index (Phi) is 3.07. The van der Waals surface area contributed by atoms with Crippen LogP contribution in [0.1, 0.15) is 19.8 Å². The first-order valence-electron chi connectivity index (χ1n) is 4.57. The quantitative estimate of drug-likeness (QED) is 0.591. The Balaban J connectivity index is 3.25. The Morgan fingerprint density at radius 2 is 1.85 bits per heavy atom. The van der Waals surface area contributed by atoms with Gasteiger partial charge >= 0.3 is 0 Å². The van der Waals surface area contributed by atoms with Crippen LogP contribution in [0.4, 0.5) is 0 Å². The lowest BCUT2D eigenvalue weighted by Crippen LogP contribution is -2.02. The summed E-state index contributed by atoms with van der Waals surface area (Å²) in [6.07, 6.45) is 8.00. The first-order valence-corrected chi connectivity index (χ1v) is 4.57. The summed E-state index contributed by atoms with van der Waals surface area (Å²) in [5, 5.41) is 0. The van der Waals surface area contributed by atoms with Crippen LogP contribution in [0.2, 0.25) is 0 Å². The van der Waals surface area contributed by atoms with Crippen LogP contribution in [0.15, 0.2) is 60.3 Å². The third-order valence-corrected chi connectivity index (χ3v) is 2.45. The van der Waals surface area contributed by atoms with Gasteiger partial charge in [-0.05, 0) is 42.1 Å². The van der Waals surface area contributed by atoms with Crippen LogP contribution in [-0.4, -0.2) is 0 Å². The Morgan fingerprint density at radius 1 is 1.15 bits per heavy atom. The summed E-state index contributed by atoms with van der Waals surface area (Å²) in [7, 11) is 0. The van der Waals surface area contributed by atoms with Crippen LogP contribution in [0.5, 0.6) is 0 Å². The third kappa shape index (κ3) is 1.72. The molecule has 13 heavy (non-hydrogen) atoms. The highest BCUT2D eigenvalue weighted by Crippen LogP contribution is 2.33. The van der Waals surface area contributed by atoms with E-state index in [1.165, 1.54) is 22.3 Å². The fourth-order valence-corrected chi connectivity index (χ4v) is 1.73. The van der Waals surface area contributed by atoms with Crippen molar-refractivity contribution in [2.75, 3.05) is 0 Å². The minimum absolute atomic E-state index is 1.04. The van der Waals surface area contributed by atoms with Gasteiger partial charge < -0.3 is 0 Å². The van der Waals surface area contributed by atoms with E-state index in [1.807, 2.05) is 19.1 Å². The van der Waals surface area contributed by atoms with E-state index >= 15 is 0 Å². The molecule has 0 fully saturated rings. The molecular weight excluding hydrogens is 156 g/mol. The molecule has 0 aromatic heterocycles. The summed E-state index contributed by atoms with van der Waals surface area (Å²) in [5.41, 5.74) is 4.93. The van der Waals surface area contributed by atoms with Crippen molar-refractivity contribution in [3.8, 4) is 0 Å². The van der Waals surface area contributed by atoms with Gasteiger partial charge in [0.2, 0.25) is 0 Å². The number of allylic oxidation sites excluding steroid dienone is 7. The minimum Gasteiger partial charge on any atom is -0.0988 e. The minimum atomic E-state index is 1.04. The first kappa shape index (κ1) is 9.79. The molecule has 0 N–H and O–H groups in total. The molecule has 0 saturated carbocycles. The van der Waals surface area contributed by atoms with Gasteiger partial charge in [-0.2, -0.15) is 0 Å². The molecule has 0 aliphatic heterocycles. The molecule has 1 aliphatic rings. The predicted octanol–water partition coefficient (Wildman–Crippen LogP) is 3.95. The van der Waals surface area contributed by atoms with Gasteiger partial charge in [-0.15, -0.1) is 0 Å². The standard InChI is InChI=1S/C13H16/c1-5-11-9-8-10(4)12(6-2)13(11)7-3/h5-7H,1,3-4,8-9H2,2H3/b12-6+. The van der Waals surface area contributed by atoms with Gasteiger partial charge in [-0.1, -0.05) is 38.0 Å². The maximum Gasteiger partial charge on any atom is -0.0159 e. The fraction of sp³-hybridized carbons (Fsp3) is 0.231. The average Bonchev–Trinajstić information content (AvgIpc) is 2.17. The zero-order chi connectivity index (χ0) is 9.84. The van der Waals surface area contributed by atoms with Crippen molar-refractivity contribution >= 4 is 0 Å². The van der Waals surface area contributed by atoms with Gasteiger partial charge in [0.1, 0.15) is 0 Å². The summed E-state index contributed by atoms with van der Waals surface area (Å²) in [5.74, 6) is 0. The molecule has 1 rings (SSSR count). The molecule has 0 radical (unpaired) electrons. The van der Waals surface area contributed by atoms with Gasteiger partial charge in [-0.3, -0.25) is 0 Å². The highest BCUT2D eigenvalue weighted by Gasteiger charge is 2.15. The van der Waals surface area contributed by atoms with E-state index in [0.717, 1.165) is 12.8 Å². The molecule has 1 aliphatic carbocycles. The lowest BCUT2D eigenvalue weighted by molar-refractivity contribution is 0.919. The SMILES string of the molecule is C=CC1=C(C=C)/C(=C/C)C(=C)CC1. The topological polar surface area (TPSA) is 0 Å². The third-order valence-electron chi connectivity index (χ3n) is 2.45. The molecule has 0 saturated heterocycles. The average molecular weight is 172 g/mol. The highest BCUT2D eigenvalue weighted by atomic mass is 14.2. The van der Waals surface area contributed by atoms with Crippen LogP contribution in [0.3, 0.4) is 0 Å². The van der Waals surface area contributed by atoms with Crippen molar-refractivity contribution in [3.05, 3.63) is 60.3 Å². The smallest absolute Gasteiger partial charge is 0.0159 e. The molecule has 0 aromatic rings. The van der Waals surface area contributed by atoms with Crippen LogP contribution in [0.25, 0.3) is 0 Å². The molecular formula is C13H16. The first-order chi connectivity index (χ1) is 6.24. The van der Waals surface area contributed by atoms with Crippen LogP contribution >= 0.6 is 0 Å². The largest absolute Gasteiger partial charge is 0.0988 e. The highest BCUT2D eigenvalue weighted by molar-refractivity contribution is 5.57. The summed E-state index contributed by atoms with van der Waals surface area (Å²) in [6.45, 7) is 13.7. The Labute approximate surface area is 80.7 Å². The zero-order valence-corrected chi connectivity index (χ0v) is 8.27. The Morgan fingerprint density at radius 3 is 2.31 bits per heavy atom. The molecule has 0 heterocycles. The molecule has 0 aromatic carbocycles. The van der Waals surface area contributed by atoms with E-state index in [1.54, 1.807) is 0 Å². The van der Waals surface area contributed by atoms with Gasteiger partial charge in [0.05, 0.1) is 0 Å². The second kappa shape index (κ2) is 4.08. The fourth-order valence-electron chi connectivity index (χ4n) is 1.73. The number of hydrogen-bond donors (Lipinski definition) is 0. The van der Waals surface area contributed by atoms with Crippen molar-refractivity contribution in [2.45, 2.75) is 19.8 Å². The molecule has 0 unspecified atom stereocenters. The molecule has 0 nitrogen and oxygen atoms in total. The molecule has 68 valence electrons. The van der Waals surface area contributed by atoms with E-state index in [2.05, 4.69) is 25.8 Å². The van der Waals surface area contributed by atoms with Crippen molar-refractivity contribution in [1.82, 2.24) is 0 Å². The summed E-state index contributed by atoms with van der Waals surface area (Å²) in [4.78, 5) is 0. The number of hydrogen-bond acceptors (Lipinski definition) is 0. The number of rotatable bonds is 2. The van der Waals surface area contributed by atoms with Crippen molar-refractivity contribution in [3.63, 3.8) is 0 Å². The lowest BCUT2D eigenvalue weighted by atomic mass is 9.84. The maximum absolute atomic E-state index is 4.05. The van der Waals surface area contributed by atoms with Gasteiger partial charge in [-0.25, -0.2) is 0 Å². The second-order valence-electron chi connectivity index (χ2n) is 3.15. The van der Waals surface area contributed by atoms with E-state index in [-0.39, 0.29) is 0 Å².